The molecule has 0 bridgehead atoms. The van der Waals surface area contributed by atoms with Gasteiger partial charge in [0.15, 0.2) is 11.0 Å². The second-order valence-corrected chi connectivity index (χ2v) is 4.59. The molecule has 3 nitrogen and oxygen atoms in total. The van der Waals surface area contributed by atoms with Crippen LogP contribution >= 0.6 is 0 Å². The summed E-state index contributed by atoms with van der Waals surface area (Å²) in [5.41, 5.74) is -1.02. The van der Waals surface area contributed by atoms with Crippen molar-refractivity contribution in [3.8, 4) is 0 Å². The second kappa shape index (κ2) is 3.80. The molecule has 0 radical (unpaired) electrons. The van der Waals surface area contributed by atoms with Crippen molar-refractivity contribution < 1.29 is 25.8 Å². The summed E-state index contributed by atoms with van der Waals surface area (Å²) in [6, 6.07) is -0.481. The van der Waals surface area contributed by atoms with Crippen molar-refractivity contribution in [2.24, 2.45) is 0 Å². The highest BCUT2D eigenvalue weighted by Crippen LogP contribution is 2.11. The van der Waals surface area contributed by atoms with Gasteiger partial charge in [0.2, 0.25) is 9.84 Å². The van der Waals surface area contributed by atoms with Crippen LogP contribution in [0.3, 0.4) is 0 Å². The average Bonchev–Trinajstić information content (AvgIpc) is 2.17. The van der Waals surface area contributed by atoms with Crippen molar-refractivity contribution >= 4 is 22.3 Å². The van der Waals surface area contributed by atoms with E-state index in [-0.39, 0.29) is 0 Å². The first-order chi connectivity index (χ1) is 6.77. The minimum absolute atomic E-state index is 0.378. The molecule has 1 aromatic heterocycles. The number of alkyl halides is 1. The van der Waals surface area contributed by atoms with Crippen LogP contribution in [0.25, 0.3) is 0 Å². The van der Waals surface area contributed by atoms with E-state index < -0.39 is 33.3 Å². The first-order valence-corrected chi connectivity index (χ1v) is 5.37. The fraction of sp³-hybridized carbons (Fsp3) is 0.167. The summed E-state index contributed by atoms with van der Waals surface area (Å²) in [5.74, 6) is 0. The van der Waals surface area contributed by atoms with Gasteiger partial charge in [0, 0.05) is 6.20 Å². The molecule has 1 heterocycles. The van der Waals surface area contributed by atoms with Crippen LogP contribution in [0.1, 0.15) is 0 Å². The molecule has 0 amide bonds. The smallest absolute Gasteiger partial charge is 0.445 e. The third-order valence-electron chi connectivity index (χ3n) is 1.60. The SMILES string of the molecule is O=S(=O)(CF)c1ccc([B-](F)(F)F)cn1. The molecule has 0 aliphatic rings. The van der Waals surface area contributed by atoms with Gasteiger partial charge in [0.25, 0.3) is 0 Å². The Morgan fingerprint density at radius 2 is 1.87 bits per heavy atom. The van der Waals surface area contributed by atoms with Gasteiger partial charge in [-0.3, -0.25) is 0 Å². The first kappa shape index (κ1) is 12.0. The average molecular weight is 242 g/mol. The minimum Gasteiger partial charge on any atom is -0.445 e. The molecular weight excluding hydrogens is 237 g/mol. The zero-order valence-corrected chi connectivity index (χ0v) is 8.02. The highest BCUT2D eigenvalue weighted by Gasteiger charge is 2.26. The molecular formula is C6H5BF4NO2S-. The van der Waals surface area contributed by atoms with Gasteiger partial charge in [-0.25, -0.2) is 17.8 Å². The Labute approximate surface area is 83.1 Å². The molecule has 84 valence electrons. The number of hydrogen-bond acceptors (Lipinski definition) is 3. The van der Waals surface area contributed by atoms with E-state index in [4.69, 9.17) is 0 Å². The maximum atomic E-state index is 12.1. The van der Waals surface area contributed by atoms with Crippen LogP contribution < -0.4 is 5.46 Å². The van der Waals surface area contributed by atoms with Crippen LogP contribution in [0.4, 0.5) is 17.3 Å². The Morgan fingerprint density at radius 3 is 2.20 bits per heavy atom. The zero-order valence-electron chi connectivity index (χ0n) is 7.20. The number of sulfone groups is 1. The van der Waals surface area contributed by atoms with Gasteiger partial charge in [0.05, 0.1) is 0 Å². The molecule has 0 spiro atoms. The lowest BCUT2D eigenvalue weighted by atomic mass is 9.82. The molecule has 0 saturated heterocycles. The topological polar surface area (TPSA) is 47.0 Å². The molecule has 1 rings (SSSR count). The molecule has 0 aromatic carbocycles. The van der Waals surface area contributed by atoms with Crippen LogP contribution in [-0.4, -0.2) is 26.4 Å². The standard InChI is InChI=1S/C6H5BF4NO2S/c8-4-15(13,14)6-2-1-5(3-12-6)7(9,10)11/h1-3H,4H2/q-1. The molecule has 0 atom stereocenters. The Bertz CT molecular complexity index is 441. The van der Waals surface area contributed by atoms with Gasteiger partial charge in [0.1, 0.15) is 0 Å². The number of hydrogen-bond donors (Lipinski definition) is 0. The predicted molar refractivity (Wildman–Crippen MR) is 46.1 cm³/mol. The van der Waals surface area contributed by atoms with Gasteiger partial charge in [-0.15, -0.1) is 0 Å². The van der Waals surface area contributed by atoms with Crippen molar-refractivity contribution in [3.05, 3.63) is 18.3 Å². The fourth-order valence-corrected chi connectivity index (χ4v) is 1.43. The van der Waals surface area contributed by atoms with Gasteiger partial charge >= 0.3 is 6.98 Å². The molecule has 0 aliphatic carbocycles. The van der Waals surface area contributed by atoms with E-state index in [2.05, 4.69) is 4.98 Å². The summed E-state index contributed by atoms with van der Waals surface area (Å²) < 4.78 is 69.9. The van der Waals surface area contributed by atoms with Gasteiger partial charge in [-0.2, -0.15) is 0 Å². The number of aromatic nitrogens is 1. The van der Waals surface area contributed by atoms with Crippen molar-refractivity contribution in [1.29, 1.82) is 0 Å². The Kier molecular flexibility index (Phi) is 3.03. The quantitative estimate of drug-likeness (QED) is 0.582. The highest BCUT2D eigenvalue weighted by atomic mass is 32.2. The second-order valence-electron chi connectivity index (χ2n) is 2.73. The van der Waals surface area contributed by atoms with Gasteiger partial charge in [-0.1, -0.05) is 11.5 Å². The number of pyridine rings is 1. The molecule has 0 aliphatic heterocycles. The van der Waals surface area contributed by atoms with Crippen LogP contribution in [0.2, 0.25) is 0 Å². The summed E-state index contributed by atoms with van der Waals surface area (Å²) in [4.78, 5) is 3.06. The summed E-state index contributed by atoms with van der Waals surface area (Å²) in [7, 11) is -4.20. The lowest BCUT2D eigenvalue weighted by Gasteiger charge is -2.13. The first-order valence-electron chi connectivity index (χ1n) is 3.72. The molecule has 9 heteroatoms. The maximum Gasteiger partial charge on any atom is 0.511 e. The summed E-state index contributed by atoms with van der Waals surface area (Å²) in [6.45, 7) is -5.22. The predicted octanol–water partition coefficient (Wildman–Crippen LogP) is 0.837. The molecule has 0 unspecified atom stereocenters. The van der Waals surface area contributed by atoms with Crippen LogP contribution in [0.5, 0.6) is 0 Å². The highest BCUT2D eigenvalue weighted by molar-refractivity contribution is 7.91. The zero-order chi connectivity index (χ0) is 11.7. The van der Waals surface area contributed by atoms with E-state index in [1.807, 2.05) is 0 Å². The van der Waals surface area contributed by atoms with Gasteiger partial charge in [-0.05, 0) is 6.07 Å². The summed E-state index contributed by atoms with van der Waals surface area (Å²) in [6.07, 6.45) is 0.378. The molecule has 15 heavy (non-hydrogen) atoms. The van der Waals surface area contributed by atoms with Gasteiger partial charge < -0.3 is 12.9 Å². The maximum absolute atomic E-state index is 12.1. The number of halogens is 4. The van der Waals surface area contributed by atoms with E-state index in [9.17, 15) is 25.8 Å². The van der Waals surface area contributed by atoms with Crippen molar-refractivity contribution in [2.45, 2.75) is 5.03 Å². The van der Waals surface area contributed by atoms with Crippen molar-refractivity contribution in [1.82, 2.24) is 4.98 Å². The fourth-order valence-electron chi connectivity index (χ4n) is 0.825. The van der Waals surface area contributed by atoms with E-state index in [0.717, 1.165) is 0 Å². The third kappa shape index (κ3) is 2.68. The molecule has 1 aromatic rings. The van der Waals surface area contributed by atoms with E-state index >= 15 is 0 Å². The third-order valence-corrected chi connectivity index (χ3v) is 2.77. The Hall–Kier alpha value is -1.12. The monoisotopic (exact) mass is 242 g/mol. The van der Waals surface area contributed by atoms with E-state index in [1.165, 1.54) is 0 Å². The number of nitrogens with zero attached hydrogens (tertiary/aromatic N) is 1. The Balaban J connectivity index is 3.12. The van der Waals surface area contributed by atoms with Crippen LogP contribution in [-0.2, 0) is 9.84 Å². The lowest BCUT2D eigenvalue weighted by molar-refractivity contribution is 0.500. The van der Waals surface area contributed by atoms with Crippen LogP contribution in [0.15, 0.2) is 23.4 Å². The van der Waals surface area contributed by atoms with Crippen LogP contribution in [0, 0.1) is 0 Å². The molecule has 0 N–H and O–H groups in total. The van der Waals surface area contributed by atoms with Crippen molar-refractivity contribution in [2.75, 3.05) is 6.01 Å². The summed E-state index contributed by atoms with van der Waals surface area (Å²) in [5, 5.41) is -0.700. The molecule has 0 fully saturated rings. The lowest BCUT2D eigenvalue weighted by Crippen LogP contribution is -2.34. The van der Waals surface area contributed by atoms with Crippen molar-refractivity contribution in [3.63, 3.8) is 0 Å². The van der Waals surface area contributed by atoms with E-state index in [1.54, 1.807) is 0 Å². The number of rotatable bonds is 3. The summed E-state index contributed by atoms with van der Waals surface area (Å²) >= 11 is 0. The normalized spacial score (nSPS) is 12.8. The molecule has 0 saturated carbocycles. The Morgan fingerprint density at radius 1 is 1.27 bits per heavy atom. The minimum atomic E-state index is -5.22. The largest absolute Gasteiger partial charge is 0.511 e. The van der Waals surface area contributed by atoms with E-state index in [0.29, 0.717) is 18.3 Å².